The highest BCUT2D eigenvalue weighted by molar-refractivity contribution is 5.75. The Labute approximate surface area is 79.4 Å². The lowest BCUT2D eigenvalue weighted by Gasteiger charge is -2.18. The molecule has 0 saturated carbocycles. The van der Waals surface area contributed by atoms with Gasteiger partial charge >= 0.3 is 5.97 Å². The van der Waals surface area contributed by atoms with Gasteiger partial charge in [-0.1, -0.05) is 13.8 Å². The minimum Gasteiger partial charge on any atom is -0.459 e. The van der Waals surface area contributed by atoms with E-state index in [9.17, 15) is 4.79 Å². The monoisotopic (exact) mass is 189 g/mol. The van der Waals surface area contributed by atoms with Gasteiger partial charge in [-0.15, -0.1) is 0 Å². The molecule has 0 aliphatic rings. The molecular formula is C9H19NO3. The van der Waals surface area contributed by atoms with E-state index in [1.165, 1.54) is 0 Å². The molecule has 2 N–H and O–H groups in total. The van der Waals surface area contributed by atoms with Crippen molar-refractivity contribution in [1.29, 1.82) is 0 Å². The second-order valence-electron chi connectivity index (χ2n) is 3.47. The zero-order chi connectivity index (χ0) is 10.4. The number of esters is 1. The Bertz CT molecular complexity index is 159. The number of hydrogen-bond donors (Lipinski definition) is 1. The maximum absolute atomic E-state index is 11.3. The summed E-state index contributed by atoms with van der Waals surface area (Å²) in [6, 6.07) is -0.542. The van der Waals surface area contributed by atoms with Crippen molar-refractivity contribution in [2.45, 2.75) is 32.9 Å². The van der Waals surface area contributed by atoms with Crippen LogP contribution < -0.4 is 5.73 Å². The van der Waals surface area contributed by atoms with Crippen LogP contribution in [0, 0.1) is 5.92 Å². The fourth-order valence-corrected chi connectivity index (χ4v) is 0.818. The molecule has 13 heavy (non-hydrogen) atoms. The highest BCUT2D eigenvalue weighted by Crippen LogP contribution is 2.02. The quantitative estimate of drug-likeness (QED) is 0.641. The number of hydrogen-bond acceptors (Lipinski definition) is 4. The van der Waals surface area contributed by atoms with Gasteiger partial charge in [0.25, 0.3) is 0 Å². The van der Waals surface area contributed by atoms with Gasteiger partial charge in [0, 0.05) is 7.11 Å². The van der Waals surface area contributed by atoms with Crippen molar-refractivity contribution >= 4 is 5.97 Å². The molecule has 0 aliphatic heterocycles. The van der Waals surface area contributed by atoms with Crippen molar-refractivity contribution in [2.24, 2.45) is 11.7 Å². The smallest absolute Gasteiger partial charge is 0.323 e. The van der Waals surface area contributed by atoms with Crippen molar-refractivity contribution in [3.05, 3.63) is 0 Å². The normalized spacial score (nSPS) is 15.5. The Morgan fingerprint density at radius 2 is 1.92 bits per heavy atom. The van der Waals surface area contributed by atoms with Gasteiger partial charge in [-0.25, -0.2) is 0 Å². The Kier molecular flexibility index (Phi) is 5.66. The minimum absolute atomic E-state index is 0.0993. The Morgan fingerprint density at radius 1 is 1.38 bits per heavy atom. The van der Waals surface area contributed by atoms with Crippen LogP contribution in [0.5, 0.6) is 0 Å². The van der Waals surface area contributed by atoms with Crippen molar-refractivity contribution in [2.75, 3.05) is 13.7 Å². The summed E-state index contributed by atoms with van der Waals surface area (Å²) in [5.41, 5.74) is 5.59. The SMILES string of the molecule is COC[C@H](C)OC(=O)[C@@H](N)C(C)C. The molecule has 0 rings (SSSR count). The van der Waals surface area contributed by atoms with Crippen LogP contribution >= 0.6 is 0 Å². The van der Waals surface area contributed by atoms with Crippen LogP contribution in [0.3, 0.4) is 0 Å². The summed E-state index contributed by atoms with van der Waals surface area (Å²) in [6.45, 7) is 5.94. The first-order valence-corrected chi connectivity index (χ1v) is 4.44. The van der Waals surface area contributed by atoms with E-state index in [0.717, 1.165) is 0 Å². The Morgan fingerprint density at radius 3 is 2.31 bits per heavy atom. The fraction of sp³-hybridized carbons (Fsp3) is 0.889. The highest BCUT2D eigenvalue weighted by Gasteiger charge is 2.20. The molecule has 0 aliphatic carbocycles. The van der Waals surface area contributed by atoms with E-state index in [-0.39, 0.29) is 18.0 Å². The number of nitrogens with two attached hydrogens (primary N) is 1. The number of ether oxygens (including phenoxy) is 2. The molecule has 0 aromatic heterocycles. The molecule has 78 valence electrons. The largest absolute Gasteiger partial charge is 0.459 e. The third-order valence-corrected chi connectivity index (χ3v) is 1.71. The van der Waals surface area contributed by atoms with E-state index in [1.807, 2.05) is 13.8 Å². The van der Waals surface area contributed by atoms with Crippen LogP contribution in [0.4, 0.5) is 0 Å². The molecule has 0 amide bonds. The van der Waals surface area contributed by atoms with E-state index in [2.05, 4.69) is 0 Å². The summed E-state index contributed by atoms with van der Waals surface area (Å²) >= 11 is 0. The molecule has 0 saturated heterocycles. The molecule has 0 spiro atoms. The van der Waals surface area contributed by atoms with Crippen LogP contribution in [0.2, 0.25) is 0 Å². The maximum atomic E-state index is 11.3. The third-order valence-electron chi connectivity index (χ3n) is 1.71. The average Bonchev–Trinajstić information content (AvgIpc) is 2.03. The second-order valence-corrected chi connectivity index (χ2v) is 3.47. The van der Waals surface area contributed by atoms with Gasteiger partial charge < -0.3 is 15.2 Å². The van der Waals surface area contributed by atoms with Crippen molar-refractivity contribution in [1.82, 2.24) is 0 Å². The average molecular weight is 189 g/mol. The van der Waals surface area contributed by atoms with Crippen molar-refractivity contribution < 1.29 is 14.3 Å². The number of rotatable bonds is 5. The lowest BCUT2D eigenvalue weighted by Crippen LogP contribution is -2.39. The molecule has 0 aromatic rings. The number of methoxy groups -OCH3 is 1. The summed E-state index contributed by atoms with van der Waals surface area (Å²) < 4.78 is 9.85. The van der Waals surface area contributed by atoms with E-state index in [0.29, 0.717) is 6.61 Å². The Hall–Kier alpha value is -0.610. The first-order valence-electron chi connectivity index (χ1n) is 4.44. The number of carbonyl (C=O) groups excluding carboxylic acids is 1. The summed E-state index contributed by atoms with van der Waals surface area (Å²) in [4.78, 5) is 11.3. The van der Waals surface area contributed by atoms with Crippen LogP contribution in [-0.4, -0.2) is 31.8 Å². The van der Waals surface area contributed by atoms with Gasteiger partial charge in [0.2, 0.25) is 0 Å². The highest BCUT2D eigenvalue weighted by atomic mass is 16.6. The van der Waals surface area contributed by atoms with Crippen LogP contribution in [0.25, 0.3) is 0 Å². The lowest BCUT2D eigenvalue weighted by atomic mass is 10.1. The predicted octanol–water partition coefficient (Wildman–Crippen LogP) is 0.548. The van der Waals surface area contributed by atoms with Gasteiger partial charge in [-0.05, 0) is 12.8 Å². The molecule has 0 bridgehead atoms. The zero-order valence-corrected chi connectivity index (χ0v) is 8.74. The molecule has 0 radical (unpaired) electrons. The standard InChI is InChI=1S/C9H19NO3/c1-6(2)8(10)9(11)13-7(3)5-12-4/h6-8H,5,10H2,1-4H3/t7-,8-/m0/s1. The summed E-state index contributed by atoms with van der Waals surface area (Å²) in [7, 11) is 1.56. The minimum atomic E-state index is -0.542. The third kappa shape index (κ3) is 4.85. The molecular weight excluding hydrogens is 170 g/mol. The molecule has 2 atom stereocenters. The lowest BCUT2D eigenvalue weighted by molar-refractivity contribution is -0.153. The van der Waals surface area contributed by atoms with Crippen molar-refractivity contribution in [3.8, 4) is 0 Å². The molecule has 0 aromatic carbocycles. The molecule has 4 nitrogen and oxygen atoms in total. The molecule has 0 heterocycles. The fourth-order valence-electron chi connectivity index (χ4n) is 0.818. The first-order chi connectivity index (χ1) is 5.99. The first kappa shape index (κ1) is 12.4. The van der Waals surface area contributed by atoms with Crippen molar-refractivity contribution in [3.63, 3.8) is 0 Å². The van der Waals surface area contributed by atoms with E-state index in [1.54, 1.807) is 14.0 Å². The molecule has 4 heteroatoms. The zero-order valence-electron chi connectivity index (χ0n) is 8.74. The summed E-state index contributed by atoms with van der Waals surface area (Å²) in [6.07, 6.45) is -0.234. The van der Waals surface area contributed by atoms with Gasteiger partial charge in [-0.3, -0.25) is 4.79 Å². The van der Waals surface area contributed by atoms with E-state index >= 15 is 0 Å². The summed E-state index contributed by atoms with van der Waals surface area (Å²) in [5.74, 6) is -0.262. The van der Waals surface area contributed by atoms with Gasteiger partial charge in [-0.2, -0.15) is 0 Å². The Balaban J connectivity index is 3.85. The topological polar surface area (TPSA) is 61.5 Å². The van der Waals surface area contributed by atoms with E-state index < -0.39 is 6.04 Å². The van der Waals surface area contributed by atoms with Gasteiger partial charge in [0.15, 0.2) is 0 Å². The maximum Gasteiger partial charge on any atom is 0.323 e. The number of carbonyl (C=O) groups is 1. The second kappa shape index (κ2) is 5.94. The molecule has 0 fully saturated rings. The van der Waals surface area contributed by atoms with Gasteiger partial charge in [0.1, 0.15) is 12.1 Å². The molecule has 0 unspecified atom stereocenters. The van der Waals surface area contributed by atoms with Crippen LogP contribution in [0.15, 0.2) is 0 Å². The summed E-state index contributed by atoms with van der Waals surface area (Å²) in [5, 5.41) is 0. The van der Waals surface area contributed by atoms with E-state index in [4.69, 9.17) is 15.2 Å². The van der Waals surface area contributed by atoms with Crippen LogP contribution in [0.1, 0.15) is 20.8 Å². The van der Waals surface area contributed by atoms with Gasteiger partial charge in [0.05, 0.1) is 6.61 Å². The predicted molar refractivity (Wildman–Crippen MR) is 50.2 cm³/mol. The van der Waals surface area contributed by atoms with Crippen LogP contribution in [-0.2, 0) is 14.3 Å².